The molecule has 0 unspecified atom stereocenters. The highest BCUT2D eigenvalue weighted by atomic mass is 32.2. The number of thiocyanates is 1. The van der Waals surface area contributed by atoms with Crippen molar-refractivity contribution in [3.63, 3.8) is 0 Å². The third-order valence-electron chi connectivity index (χ3n) is 2.19. The Morgan fingerprint density at radius 3 is 2.71 bits per heavy atom. The number of rotatable bonds is 3. The van der Waals surface area contributed by atoms with Crippen LogP contribution in [0.1, 0.15) is 18.1 Å². The fraction of sp³-hybridized carbons (Fsp3) is 0.364. The van der Waals surface area contributed by atoms with E-state index in [4.69, 9.17) is 5.26 Å². The van der Waals surface area contributed by atoms with Crippen molar-refractivity contribution in [3.8, 4) is 5.40 Å². The highest BCUT2D eigenvalue weighted by Gasteiger charge is 2.05. The van der Waals surface area contributed by atoms with Crippen LogP contribution in [0.3, 0.4) is 0 Å². The molecule has 1 rings (SSSR count). The minimum atomic E-state index is 0.983. The van der Waals surface area contributed by atoms with Crippen molar-refractivity contribution >= 4 is 17.4 Å². The smallest absolute Gasteiger partial charge is 0.138 e. The molecule has 1 aromatic carbocycles. The highest BCUT2D eigenvalue weighted by molar-refractivity contribution is 8.03. The van der Waals surface area contributed by atoms with E-state index in [1.807, 2.05) is 13.1 Å². The lowest BCUT2D eigenvalue weighted by atomic mass is 10.1. The van der Waals surface area contributed by atoms with E-state index in [2.05, 4.69) is 30.6 Å². The Balaban J connectivity index is 3.18. The second-order valence-corrected chi connectivity index (χ2v) is 3.93. The fourth-order valence-electron chi connectivity index (χ4n) is 1.57. The molecule has 0 aliphatic heterocycles. The lowest BCUT2D eigenvalue weighted by Gasteiger charge is -2.12. The standard InChI is InChI=1S/C11H14N2S/c1-4-9-6-10(14-7-12)5-8(2)11(9)13-3/h5-6,13H,4H2,1-3H3. The number of nitrogens with one attached hydrogen (secondary N) is 1. The Morgan fingerprint density at radius 1 is 1.50 bits per heavy atom. The molecule has 0 aliphatic rings. The number of hydrogen-bond acceptors (Lipinski definition) is 3. The van der Waals surface area contributed by atoms with Gasteiger partial charge in [0.15, 0.2) is 0 Å². The first-order chi connectivity index (χ1) is 6.72. The summed E-state index contributed by atoms with van der Waals surface area (Å²) in [5.74, 6) is 0. The van der Waals surface area contributed by atoms with Gasteiger partial charge in [-0.15, -0.1) is 0 Å². The van der Waals surface area contributed by atoms with Gasteiger partial charge in [-0.25, -0.2) is 0 Å². The molecule has 0 saturated carbocycles. The number of thioether (sulfide) groups is 1. The first kappa shape index (κ1) is 10.9. The van der Waals surface area contributed by atoms with E-state index in [1.54, 1.807) is 0 Å². The Labute approximate surface area is 89.3 Å². The fourth-order valence-corrected chi connectivity index (χ4v) is 2.11. The first-order valence-electron chi connectivity index (χ1n) is 4.60. The molecular formula is C11H14N2S. The van der Waals surface area contributed by atoms with E-state index >= 15 is 0 Å². The zero-order chi connectivity index (χ0) is 10.6. The van der Waals surface area contributed by atoms with Crippen LogP contribution in [0.5, 0.6) is 0 Å². The second-order valence-electron chi connectivity index (χ2n) is 3.07. The van der Waals surface area contributed by atoms with Crippen LogP contribution in [0.4, 0.5) is 5.69 Å². The summed E-state index contributed by atoms with van der Waals surface area (Å²) < 4.78 is 0. The number of benzene rings is 1. The van der Waals surface area contributed by atoms with Crippen molar-refractivity contribution in [1.82, 2.24) is 0 Å². The van der Waals surface area contributed by atoms with Gasteiger partial charge in [-0.05, 0) is 48.4 Å². The van der Waals surface area contributed by atoms with Gasteiger partial charge in [0.25, 0.3) is 0 Å². The minimum absolute atomic E-state index is 0.983. The summed E-state index contributed by atoms with van der Waals surface area (Å²) in [5.41, 5.74) is 3.66. The first-order valence-corrected chi connectivity index (χ1v) is 5.41. The molecule has 0 bridgehead atoms. The number of nitrogens with zero attached hydrogens (tertiary/aromatic N) is 1. The maximum Gasteiger partial charge on any atom is 0.138 e. The highest BCUT2D eigenvalue weighted by Crippen LogP contribution is 2.27. The lowest BCUT2D eigenvalue weighted by molar-refractivity contribution is 1.11. The number of hydrogen-bond donors (Lipinski definition) is 1. The average Bonchev–Trinajstić information content (AvgIpc) is 2.17. The van der Waals surface area contributed by atoms with Crippen molar-refractivity contribution in [2.45, 2.75) is 25.2 Å². The Hall–Kier alpha value is -1.14. The Kier molecular flexibility index (Phi) is 3.84. The van der Waals surface area contributed by atoms with Crippen molar-refractivity contribution < 1.29 is 0 Å². The van der Waals surface area contributed by atoms with Gasteiger partial charge in [0.1, 0.15) is 5.40 Å². The van der Waals surface area contributed by atoms with Gasteiger partial charge < -0.3 is 5.32 Å². The van der Waals surface area contributed by atoms with Crippen LogP contribution < -0.4 is 5.32 Å². The summed E-state index contributed by atoms with van der Waals surface area (Å²) in [5, 5.41) is 13.9. The summed E-state index contributed by atoms with van der Waals surface area (Å²) in [6.07, 6.45) is 0.983. The van der Waals surface area contributed by atoms with Gasteiger partial charge in [-0.3, -0.25) is 0 Å². The summed E-state index contributed by atoms with van der Waals surface area (Å²) in [4.78, 5) is 1.03. The van der Waals surface area contributed by atoms with Gasteiger partial charge in [-0.1, -0.05) is 6.92 Å². The van der Waals surface area contributed by atoms with Gasteiger partial charge in [0.2, 0.25) is 0 Å². The van der Waals surface area contributed by atoms with E-state index in [1.165, 1.54) is 28.6 Å². The predicted octanol–water partition coefficient (Wildman–Crippen LogP) is 3.17. The van der Waals surface area contributed by atoms with Crippen molar-refractivity contribution in [2.75, 3.05) is 12.4 Å². The summed E-state index contributed by atoms with van der Waals surface area (Å²) in [7, 11) is 1.93. The molecule has 0 saturated heterocycles. The topological polar surface area (TPSA) is 35.8 Å². The van der Waals surface area contributed by atoms with Gasteiger partial charge in [0.05, 0.1) is 0 Å². The summed E-state index contributed by atoms with van der Waals surface area (Å²) in [6, 6.07) is 4.12. The zero-order valence-electron chi connectivity index (χ0n) is 8.72. The molecule has 1 aromatic rings. The van der Waals surface area contributed by atoms with Crippen molar-refractivity contribution in [3.05, 3.63) is 23.3 Å². The molecule has 0 aliphatic carbocycles. The molecule has 0 aromatic heterocycles. The van der Waals surface area contributed by atoms with Crippen LogP contribution in [0.2, 0.25) is 0 Å². The van der Waals surface area contributed by atoms with E-state index in [0.717, 1.165) is 11.3 Å². The van der Waals surface area contributed by atoms with Gasteiger partial charge >= 0.3 is 0 Å². The van der Waals surface area contributed by atoms with Gasteiger partial charge in [0, 0.05) is 17.6 Å². The van der Waals surface area contributed by atoms with Crippen molar-refractivity contribution in [1.29, 1.82) is 5.26 Å². The largest absolute Gasteiger partial charge is 0.388 e. The maximum absolute atomic E-state index is 8.60. The summed E-state index contributed by atoms with van der Waals surface area (Å²) >= 11 is 1.22. The molecule has 0 amide bonds. The molecule has 74 valence electrons. The minimum Gasteiger partial charge on any atom is -0.388 e. The Bertz CT molecular complexity index is 366. The lowest BCUT2D eigenvalue weighted by Crippen LogP contribution is -1.97. The third-order valence-corrected chi connectivity index (χ3v) is 2.75. The number of anilines is 1. The molecule has 0 atom stereocenters. The number of nitriles is 1. The summed E-state index contributed by atoms with van der Waals surface area (Å²) in [6.45, 7) is 4.18. The second kappa shape index (κ2) is 4.92. The molecule has 0 radical (unpaired) electrons. The van der Waals surface area contributed by atoms with Crippen LogP contribution in [-0.4, -0.2) is 7.05 Å². The van der Waals surface area contributed by atoms with E-state index in [9.17, 15) is 0 Å². The third kappa shape index (κ3) is 2.21. The Morgan fingerprint density at radius 2 is 2.21 bits per heavy atom. The molecule has 2 nitrogen and oxygen atoms in total. The molecule has 14 heavy (non-hydrogen) atoms. The van der Waals surface area contributed by atoms with E-state index < -0.39 is 0 Å². The quantitative estimate of drug-likeness (QED) is 0.609. The molecule has 0 heterocycles. The average molecular weight is 206 g/mol. The SMILES string of the molecule is CCc1cc(SC#N)cc(C)c1NC. The molecular weight excluding hydrogens is 192 g/mol. The van der Waals surface area contributed by atoms with Crippen molar-refractivity contribution in [2.24, 2.45) is 0 Å². The normalized spacial score (nSPS) is 9.57. The maximum atomic E-state index is 8.60. The molecule has 1 N–H and O–H groups in total. The van der Waals surface area contributed by atoms with E-state index in [0.29, 0.717) is 0 Å². The van der Waals surface area contributed by atoms with E-state index in [-0.39, 0.29) is 0 Å². The molecule has 0 fully saturated rings. The monoisotopic (exact) mass is 206 g/mol. The predicted molar refractivity (Wildman–Crippen MR) is 61.6 cm³/mol. The van der Waals surface area contributed by atoms with Gasteiger partial charge in [-0.2, -0.15) is 5.26 Å². The molecule has 3 heteroatoms. The van der Waals surface area contributed by atoms with Crippen LogP contribution in [0, 0.1) is 17.6 Å². The van der Waals surface area contributed by atoms with Crippen LogP contribution >= 0.6 is 11.8 Å². The molecule has 0 spiro atoms. The van der Waals surface area contributed by atoms with Crippen LogP contribution in [-0.2, 0) is 6.42 Å². The zero-order valence-corrected chi connectivity index (χ0v) is 9.53. The van der Waals surface area contributed by atoms with Crippen LogP contribution in [0.15, 0.2) is 17.0 Å². The number of aryl methyl sites for hydroxylation is 2. The van der Waals surface area contributed by atoms with Crippen LogP contribution in [0.25, 0.3) is 0 Å².